The number of carbonyl (C=O) groups is 1. The molecule has 6 heteroatoms. The molecule has 0 atom stereocenters. The van der Waals surface area contributed by atoms with Gasteiger partial charge in [0.2, 0.25) is 0 Å². The number of nitrogens with zero attached hydrogens (tertiary/aromatic N) is 3. The number of nitrogens with one attached hydrogen (secondary N) is 1. The van der Waals surface area contributed by atoms with Gasteiger partial charge in [0.15, 0.2) is 5.13 Å². The van der Waals surface area contributed by atoms with Crippen LogP contribution in [0.4, 0.5) is 5.13 Å². The van der Waals surface area contributed by atoms with Crippen molar-refractivity contribution in [2.24, 2.45) is 0 Å². The Labute approximate surface area is 161 Å². The van der Waals surface area contributed by atoms with Gasteiger partial charge < -0.3 is 0 Å². The number of anilines is 1. The Morgan fingerprint density at radius 1 is 1.07 bits per heavy atom. The first kappa shape index (κ1) is 17.4. The van der Waals surface area contributed by atoms with E-state index in [0.29, 0.717) is 16.5 Å². The first-order valence-corrected chi connectivity index (χ1v) is 9.61. The fourth-order valence-corrected chi connectivity index (χ4v) is 4.27. The quantitative estimate of drug-likeness (QED) is 0.551. The lowest BCUT2D eigenvalue weighted by atomic mass is 9.98. The monoisotopic (exact) mass is 376 g/mol. The number of amides is 1. The van der Waals surface area contributed by atoms with Crippen molar-refractivity contribution in [3.8, 4) is 11.3 Å². The van der Waals surface area contributed by atoms with E-state index in [0.717, 1.165) is 16.9 Å². The number of aromatic nitrogens is 3. The number of pyridine rings is 1. The van der Waals surface area contributed by atoms with Crippen LogP contribution in [0, 0.1) is 27.7 Å². The summed E-state index contributed by atoms with van der Waals surface area (Å²) in [4.78, 5) is 21.9. The standard InChI is InChI=1S/C21H20N4OS/c1-12-9-13(2)18(14(3)10-12)16-11-27-21(23-16)24-20(26)19-15(4)22-17-7-5-6-8-25(17)19/h5-11H,1-4H3,(H,23,24,26). The van der Waals surface area contributed by atoms with Crippen LogP contribution in [0.3, 0.4) is 0 Å². The van der Waals surface area contributed by atoms with Crippen LogP contribution in [0.15, 0.2) is 41.9 Å². The molecule has 0 fully saturated rings. The number of carbonyl (C=O) groups excluding carboxylic acids is 1. The second-order valence-corrected chi connectivity index (χ2v) is 7.60. The summed E-state index contributed by atoms with van der Waals surface area (Å²) in [7, 11) is 0. The molecule has 3 aromatic heterocycles. The van der Waals surface area contributed by atoms with Gasteiger partial charge in [-0.15, -0.1) is 11.3 Å². The van der Waals surface area contributed by atoms with E-state index >= 15 is 0 Å². The molecular weight excluding hydrogens is 356 g/mol. The molecule has 0 bridgehead atoms. The van der Waals surface area contributed by atoms with E-state index in [1.807, 2.05) is 36.7 Å². The SMILES string of the molecule is Cc1cc(C)c(-c2csc(NC(=O)c3c(C)nc4ccccn34)n2)c(C)c1. The molecule has 4 aromatic rings. The second kappa shape index (κ2) is 6.63. The van der Waals surface area contributed by atoms with Gasteiger partial charge in [0.05, 0.1) is 11.4 Å². The van der Waals surface area contributed by atoms with E-state index in [-0.39, 0.29) is 5.91 Å². The molecule has 0 radical (unpaired) electrons. The van der Waals surface area contributed by atoms with Gasteiger partial charge in [0.1, 0.15) is 11.3 Å². The summed E-state index contributed by atoms with van der Waals surface area (Å²) in [5.41, 5.74) is 7.61. The minimum absolute atomic E-state index is 0.204. The Morgan fingerprint density at radius 2 is 1.81 bits per heavy atom. The Hall–Kier alpha value is -2.99. The predicted octanol–water partition coefficient (Wildman–Crippen LogP) is 4.94. The molecule has 0 unspecified atom stereocenters. The van der Waals surface area contributed by atoms with Gasteiger partial charge in [-0.05, 0) is 51.0 Å². The number of rotatable bonds is 3. The van der Waals surface area contributed by atoms with Crippen LogP contribution in [0.5, 0.6) is 0 Å². The number of aryl methyl sites for hydroxylation is 4. The smallest absolute Gasteiger partial charge is 0.276 e. The molecule has 5 nitrogen and oxygen atoms in total. The highest BCUT2D eigenvalue weighted by molar-refractivity contribution is 7.14. The Morgan fingerprint density at radius 3 is 2.56 bits per heavy atom. The number of imidazole rings is 1. The number of thiazole rings is 1. The van der Waals surface area contributed by atoms with Crippen LogP contribution in [-0.4, -0.2) is 20.3 Å². The Balaban J connectivity index is 1.65. The summed E-state index contributed by atoms with van der Waals surface area (Å²) in [5.74, 6) is -0.204. The zero-order chi connectivity index (χ0) is 19.1. The van der Waals surface area contributed by atoms with Crippen molar-refractivity contribution in [3.05, 3.63) is 70.0 Å². The number of hydrogen-bond donors (Lipinski definition) is 1. The number of hydrogen-bond acceptors (Lipinski definition) is 4. The number of fused-ring (bicyclic) bond motifs is 1. The van der Waals surface area contributed by atoms with Crippen LogP contribution in [0.1, 0.15) is 32.9 Å². The van der Waals surface area contributed by atoms with Gasteiger partial charge in [-0.1, -0.05) is 23.8 Å². The van der Waals surface area contributed by atoms with Crippen molar-refractivity contribution in [1.29, 1.82) is 0 Å². The lowest BCUT2D eigenvalue weighted by Crippen LogP contribution is -2.15. The fourth-order valence-electron chi connectivity index (χ4n) is 3.57. The zero-order valence-corrected chi connectivity index (χ0v) is 16.5. The maximum atomic E-state index is 12.8. The first-order chi connectivity index (χ1) is 12.9. The molecule has 0 aliphatic rings. The molecule has 4 rings (SSSR count). The summed E-state index contributed by atoms with van der Waals surface area (Å²) in [6.07, 6.45) is 1.84. The van der Waals surface area contributed by atoms with Crippen molar-refractivity contribution < 1.29 is 4.79 Å². The number of benzene rings is 1. The van der Waals surface area contributed by atoms with E-state index in [9.17, 15) is 4.79 Å². The van der Waals surface area contributed by atoms with Crippen LogP contribution in [0.2, 0.25) is 0 Å². The molecule has 0 aliphatic heterocycles. The van der Waals surface area contributed by atoms with Crippen LogP contribution in [-0.2, 0) is 0 Å². The highest BCUT2D eigenvalue weighted by Gasteiger charge is 2.18. The van der Waals surface area contributed by atoms with E-state index in [4.69, 9.17) is 0 Å². The molecular formula is C21H20N4OS. The molecule has 0 spiro atoms. The minimum Gasteiger partial charge on any atom is -0.296 e. The van der Waals surface area contributed by atoms with Gasteiger partial charge in [-0.25, -0.2) is 9.97 Å². The highest BCUT2D eigenvalue weighted by Crippen LogP contribution is 2.31. The fraction of sp³-hybridized carbons (Fsp3) is 0.190. The van der Waals surface area contributed by atoms with Crippen LogP contribution in [0.25, 0.3) is 16.9 Å². The minimum atomic E-state index is -0.204. The molecule has 1 N–H and O–H groups in total. The third kappa shape index (κ3) is 3.13. The van der Waals surface area contributed by atoms with E-state index in [1.165, 1.54) is 28.0 Å². The van der Waals surface area contributed by atoms with Crippen molar-refractivity contribution in [3.63, 3.8) is 0 Å². The third-order valence-corrected chi connectivity index (χ3v) is 5.33. The molecule has 1 aromatic carbocycles. The molecule has 3 heterocycles. The molecule has 27 heavy (non-hydrogen) atoms. The van der Waals surface area contributed by atoms with Gasteiger partial charge in [0, 0.05) is 17.1 Å². The van der Waals surface area contributed by atoms with E-state index < -0.39 is 0 Å². The topological polar surface area (TPSA) is 59.3 Å². The van der Waals surface area contributed by atoms with Gasteiger partial charge >= 0.3 is 0 Å². The molecule has 0 saturated carbocycles. The van der Waals surface area contributed by atoms with Crippen molar-refractivity contribution in [2.75, 3.05) is 5.32 Å². The predicted molar refractivity (Wildman–Crippen MR) is 110 cm³/mol. The molecule has 0 aliphatic carbocycles. The first-order valence-electron chi connectivity index (χ1n) is 8.73. The van der Waals surface area contributed by atoms with E-state index in [2.05, 4.69) is 48.2 Å². The maximum Gasteiger partial charge on any atom is 0.276 e. The largest absolute Gasteiger partial charge is 0.296 e. The lowest BCUT2D eigenvalue weighted by Gasteiger charge is -2.08. The van der Waals surface area contributed by atoms with Gasteiger partial charge in [-0.3, -0.25) is 14.5 Å². The summed E-state index contributed by atoms with van der Waals surface area (Å²) in [5, 5.41) is 5.50. The molecule has 136 valence electrons. The summed E-state index contributed by atoms with van der Waals surface area (Å²) in [6, 6.07) is 9.98. The Kier molecular flexibility index (Phi) is 4.28. The third-order valence-electron chi connectivity index (χ3n) is 4.58. The van der Waals surface area contributed by atoms with Crippen molar-refractivity contribution in [2.45, 2.75) is 27.7 Å². The lowest BCUT2D eigenvalue weighted by molar-refractivity contribution is 0.102. The summed E-state index contributed by atoms with van der Waals surface area (Å²) >= 11 is 1.43. The van der Waals surface area contributed by atoms with Crippen LogP contribution >= 0.6 is 11.3 Å². The Bertz CT molecular complexity index is 1150. The van der Waals surface area contributed by atoms with E-state index in [1.54, 1.807) is 4.40 Å². The summed E-state index contributed by atoms with van der Waals surface area (Å²) in [6.45, 7) is 8.12. The normalized spacial score (nSPS) is 11.1. The van der Waals surface area contributed by atoms with Crippen molar-refractivity contribution >= 4 is 28.0 Å². The maximum absolute atomic E-state index is 12.8. The van der Waals surface area contributed by atoms with Crippen LogP contribution < -0.4 is 5.32 Å². The molecule has 1 amide bonds. The highest BCUT2D eigenvalue weighted by atomic mass is 32.1. The van der Waals surface area contributed by atoms with Crippen molar-refractivity contribution in [1.82, 2.24) is 14.4 Å². The molecule has 0 saturated heterocycles. The average molecular weight is 376 g/mol. The average Bonchev–Trinajstić information content (AvgIpc) is 3.17. The summed E-state index contributed by atoms with van der Waals surface area (Å²) < 4.78 is 1.80. The van der Waals surface area contributed by atoms with Gasteiger partial charge in [0.25, 0.3) is 5.91 Å². The second-order valence-electron chi connectivity index (χ2n) is 6.74. The van der Waals surface area contributed by atoms with Gasteiger partial charge in [-0.2, -0.15) is 0 Å². The zero-order valence-electron chi connectivity index (χ0n) is 15.7.